The maximum atomic E-state index is 11.0. The van der Waals surface area contributed by atoms with E-state index in [1.807, 2.05) is 48.5 Å². The number of rotatable bonds is 8. The summed E-state index contributed by atoms with van der Waals surface area (Å²) in [5.74, 6) is 0.843. The van der Waals surface area contributed by atoms with E-state index < -0.39 is 5.97 Å². The van der Waals surface area contributed by atoms with Crippen LogP contribution in [0.3, 0.4) is 0 Å². The first-order valence-electron chi connectivity index (χ1n) is 7.26. The minimum absolute atomic E-state index is 0.151. The predicted octanol–water partition coefficient (Wildman–Crippen LogP) is 3.45. The van der Waals surface area contributed by atoms with Crippen molar-refractivity contribution >= 4 is 5.97 Å². The van der Waals surface area contributed by atoms with Gasteiger partial charge in [-0.3, -0.25) is 4.79 Å². The average molecular weight is 311 g/mol. The van der Waals surface area contributed by atoms with E-state index in [0.29, 0.717) is 25.4 Å². The molecule has 0 heterocycles. The quantitative estimate of drug-likeness (QED) is 0.424. The smallest absolute Gasteiger partial charge is 0.321 e. The van der Waals surface area contributed by atoms with E-state index in [4.69, 9.17) is 14.7 Å². The Bertz CT molecular complexity index is 664. The number of ether oxygens (including phenoxy) is 3. The first kappa shape index (κ1) is 16.4. The third-order valence-corrected chi connectivity index (χ3v) is 3.01. The SMILES string of the molecule is N#COC(=O)CCCOc1cccc(OCc2ccccc2)c1. The molecule has 5 nitrogen and oxygen atoms in total. The fraction of sp³-hybridized carbons (Fsp3) is 0.222. The number of nitrogens with zero attached hydrogens (tertiary/aromatic N) is 1. The maximum Gasteiger partial charge on any atom is 0.321 e. The van der Waals surface area contributed by atoms with Gasteiger partial charge in [0, 0.05) is 12.5 Å². The topological polar surface area (TPSA) is 68.5 Å². The molecule has 0 fully saturated rings. The molecule has 0 aliphatic carbocycles. The molecule has 2 aromatic carbocycles. The zero-order valence-electron chi connectivity index (χ0n) is 12.6. The van der Waals surface area contributed by atoms with Crippen LogP contribution in [0.15, 0.2) is 54.6 Å². The lowest BCUT2D eigenvalue weighted by atomic mass is 10.2. The predicted molar refractivity (Wildman–Crippen MR) is 83.7 cm³/mol. The van der Waals surface area contributed by atoms with Crippen molar-refractivity contribution in [3.8, 4) is 17.8 Å². The van der Waals surface area contributed by atoms with Crippen LogP contribution in [0.1, 0.15) is 18.4 Å². The van der Waals surface area contributed by atoms with E-state index in [-0.39, 0.29) is 6.42 Å². The molecule has 5 heteroatoms. The van der Waals surface area contributed by atoms with Crippen LogP contribution in [0.5, 0.6) is 11.5 Å². The van der Waals surface area contributed by atoms with E-state index in [0.717, 1.165) is 11.3 Å². The van der Waals surface area contributed by atoms with Crippen molar-refractivity contribution in [1.82, 2.24) is 0 Å². The van der Waals surface area contributed by atoms with Crippen LogP contribution in [-0.2, 0) is 16.1 Å². The van der Waals surface area contributed by atoms with Crippen molar-refractivity contribution in [2.75, 3.05) is 6.61 Å². The Morgan fingerprint density at radius 1 is 1.00 bits per heavy atom. The van der Waals surface area contributed by atoms with Crippen LogP contribution in [0, 0.1) is 11.5 Å². The number of hydrogen-bond acceptors (Lipinski definition) is 5. The normalized spacial score (nSPS) is 9.70. The van der Waals surface area contributed by atoms with Crippen molar-refractivity contribution in [2.24, 2.45) is 0 Å². The Labute approximate surface area is 135 Å². The molecule has 0 saturated carbocycles. The van der Waals surface area contributed by atoms with E-state index in [2.05, 4.69) is 4.74 Å². The second-order valence-electron chi connectivity index (χ2n) is 4.77. The van der Waals surface area contributed by atoms with Gasteiger partial charge in [-0.2, -0.15) is 0 Å². The number of carbonyl (C=O) groups is 1. The molecule has 0 spiro atoms. The number of nitriles is 1. The summed E-state index contributed by atoms with van der Waals surface area (Å²) in [5.41, 5.74) is 1.09. The van der Waals surface area contributed by atoms with Crippen molar-refractivity contribution in [2.45, 2.75) is 19.4 Å². The first-order chi connectivity index (χ1) is 11.3. The highest BCUT2D eigenvalue weighted by Crippen LogP contribution is 2.20. The fourth-order valence-electron chi connectivity index (χ4n) is 1.90. The zero-order chi connectivity index (χ0) is 16.3. The minimum atomic E-state index is -0.545. The molecule has 0 aromatic heterocycles. The molecule has 0 aliphatic rings. The third kappa shape index (κ3) is 6.10. The van der Waals surface area contributed by atoms with Crippen LogP contribution in [0.4, 0.5) is 0 Å². The molecule has 2 aromatic rings. The van der Waals surface area contributed by atoms with Crippen LogP contribution in [-0.4, -0.2) is 12.6 Å². The van der Waals surface area contributed by atoms with E-state index in [1.165, 1.54) is 6.26 Å². The van der Waals surface area contributed by atoms with Crippen LogP contribution in [0.25, 0.3) is 0 Å². The lowest BCUT2D eigenvalue weighted by Gasteiger charge is -2.09. The largest absolute Gasteiger partial charge is 0.493 e. The molecule has 0 N–H and O–H groups in total. The van der Waals surface area contributed by atoms with E-state index >= 15 is 0 Å². The van der Waals surface area contributed by atoms with Crippen LogP contribution >= 0.6 is 0 Å². The Morgan fingerprint density at radius 2 is 1.74 bits per heavy atom. The summed E-state index contributed by atoms with van der Waals surface area (Å²) >= 11 is 0. The Hall–Kier alpha value is -3.00. The molecule has 0 unspecified atom stereocenters. The number of carbonyl (C=O) groups excluding carboxylic acids is 1. The Morgan fingerprint density at radius 3 is 2.48 bits per heavy atom. The van der Waals surface area contributed by atoms with Gasteiger partial charge < -0.3 is 14.2 Å². The average Bonchev–Trinajstić information content (AvgIpc) is 2.59. The van der Waals surface area contributed by atoms with Gasteiger partial charge in [-0.15, -0.1) is 5.26 Å². The molecule has 0 aliphatic heterocycles. The number of esters is 1. The minimum Gasteiger partial charge on any atom is -0.493 e. The van der Waals surface area contributed by atoms with Crippen LogP contribution < -0.4 is 9.47 Å². The molecule has 23 heavy (non-hydrogen) atoms. The van der Waals surface area contributed by atoms with Crippen molar-refractivity contribution in [3.05, 3.63) is 60.2 Å². The van der Waals surface area contributed by atoms with Gasteiger partial charge in [0.25, 0.3) is 6.26 Å². The van der Waals surface area contributed by atoms with Gasteiger partial charge in [-0.1, -0.05) is 36.4 Å². The lowest BCUT2D eigenvalue weighted by Crippen LogP contribution is -2.04. The van der Waals surface area contributed by atoms with Gasteiger partial charge >= 0.3 is 5.97 Å². The summed E-state index contributed by atoms with van der Waals surface area (Å²) in [6, 6.07) is 17.2. The second kappa shape index (κ2) is 9.11. The number of benzene rings is 2. The van der Waals surface area contributed by atoms with Crippen molar-refractivity contribution < 1.29 is 19.0 Å². The monoisotopic (exact) mass is 311 g/mol. The molecule has 118 valence electrons. The lowest BCUT2D eigenvalue weighted by molar-refractivity contribution is -0.137. The molecule has 0 amide bonds. The molecular formula is C18H17NO4. The zero-order valence-corrected chi connectivity index (χ0v) is 12.6. The first-order valence-corrected chi connectivity index (χ1v) is 7.26. The summed E-state index contributed by atoms with van der Waals surface area (Å²) < 4.78 is 15.5. The van der Waals surface area contributed by atoms with Crippen molar-refractivity contribution in [3.63, 3.8) is 0 Å². The highest BCUT2D eigenvalue weighted by molar-refractivity contribution is 5.70. The molecule has 0 atom stereocenters. The maximum absolute atomic E-state index is 11.0. The molecule has 0 bridgehead atoms. The van der Waals surface area contributed by atoms with E-state index in [1.54, 1.807) is 6.07 Å². The number of hydrogen-bond donors (Lipinski definition) is 0. The molecular weight excluding hydrogens is 294 g/mol. The summed E-state index contributed by atoms with van der Waals surface area (Å²) in [6.45, 7) is 0.854. The van der Waals surface area contributed by atoms with E-state index in [9.17, 15) is 4.79 Å². The summed E-state index contributed by atoms with van der Waals surface area (Å²) in [5, 5.41) is 8.20. The van der Waals surface area contributed by atoms with Gasteiger partial charge in [-0.25, -0.2) is 0 Å². The van der Waals surface area contributed by atoms with Crippen LogP contribution in [0.2, 0.25) is 0 Å². The summed E-state index contributed by atoms with van der Waals surface area (Å²) in [4.78, 5) is 11.0. The Kier molecular flexibility index (Phi) is 6.48. The molecule has 2 rings (SSSR count). The van der Waals surface area contributed by atoms with Gasteiger partial charge in [-0.05, 0) is 24.1 Å². The van der Waals surface area contributed by atoms with Gasteiger partial charge in [0.15, 0.2) is 0 Å². The highest BCUT2D eigenvalue weighted by Gasteiger charge is 2.03. The summed E-state index contributed by atoms with van der Waals surface area (Å²) in [7, 11) is 0. The standard InChI is InChI=1S/C18H17NO4/c19-14-23-18(20)10-5-11-21-16-8-4-9-17(12-16)22-13-15-6-2-1-3-7-15/h1-4,6-9,12H,5,10-11,13H2. The molecule has 0 radical (unpaired) electrons. The second-order valence-corrected chi connectivity index (χ2v) is 4.77. The highest BCUT2D eigenvalue weighted by atomic mass is 16.5. The van der Waals surface area contributed by atoms with Gasteiger partial charge in [0.2, 0.25) is 0 Å². The summed E-state index contributed by atoms with van der Waals surface area (Å²) in [6.07, 6.45) is 1.99. The fourth-order valence-corrected chi connectivity index (χ4v) is 1.90. The Balaban J connectivity index is 1.76. The third-order valence-electron chi connectivity index (χ3n) is 3.01. The van der Waals surface area contributed by atoms with Gasteiger partial charge in [0.05, 0.1) is 6.61 Å². The van der Waals surface area contributed by atoms with Gasteiger partial charge in [0.1, 0.15) is 18.1 Å². The van der Waals surface area contributed by atoms with Crippen molar-refractivity contribution in [1.29, 1.82) is 5.26 Å². The molecule has 0 saturated heterocycles.